The molecule has 9 heteroatoms. The standard InChI is InChI=1S/C11H17N3O4S2/c1-19-11(4-2-3-5-11)7-13-20(17,18)9-8(10(15)16)6-12-14-9/h6,13H,2-5,7H2,1H3,(H,12,14)(H,15,16). The average molecular weight is 319 g/mol. The summed E-state index contributed by atoms with van der Waals surface area (Å²) in [5.74, 6) is -1.32. The average Bonchev–Trinajstić information content (AvgIpc) is 3.06. The predicted octanol–water partition coefficient (Wildman–Crippen LogP) is 1.06. The van der Waals surface area contributed by atoms with E-state index in [1.807, 2.05) is 6.26 Å². The van der Waals surface area contributed by atoms with Gasteiger partial charge in [-0.05, 0) is 19.1 Å². The summed E-state index contributed by atoms with van der Waals surface area (Å²) in [5, 5.41) is 14.3. The number of aromatic nitrogens is 2. The topological polar surface area (TPSA) is 112 Å². The molecular weight excluding hydrogens is 302 g/mol. The Morgan fingerprint density at radius 1 is 1.55 bits per heavy atom. The highest BCUT2D eigenvalue weighted by Gasteiger charge is 2.35. The number of carboxylic acid groups (broad SMARTS) is 1. The zero-order chi connectivity index (χ0) is 14.8. The molecule has 1 aliphatic carbocycles. The quantitative estimate of drug-likeness (QED) is 0.723. The van der Waals surface area contributed by atoms with Crippen LogP contribution in [0, 0.1) is 0 Å². The van der Waals surface area contributed by atoms with Crippen molar-refractivity contribution in [1.82, 2.24) is 14.9 Å². The van der Waals surface area contributed by atoms with Crippen molar-refractivity contribution in [3.05, 3.63) is 11.8 Å². The second kappa shape index (κ2) is 5.74. The molecule has 7 nitrogen and oxygen atoms in total. The summed E-state index contributed by atoms with van der Waals surface area (Å²) in [7, 11) is -3.89. The van der Waals surface area contributed by atoms with E-state index in [1.54, 1.807) is 11.8 Å². The summed E-state index contributed by atoms with van der Waals surface area (Å²) in [6, 6.07) is 0. The fourth-order valence-corrected chi connectivity index (χ4v) is 4.62. The van der Waals surface area contributed by atoms with E-state index in [-0.39, 0.29) is 15.3 Å². The predicted molar refractivity (Wildman–Crippen MR) is 75.4 cm³/mol. The van der Waals surface area contributed by atoms with Crippen molar-refractivity contribution < 1.29 is 18.3 Å². The molecule has 1 saturated carbocycles. The molecule has 1 aromatic heterocycles. The number of rotatable bonds is 6. The second-order valence-electron chi connectivity index (χ2n) is 4.84. The molecule has 0 bridgehead atoms. The van der Waals surface area contributed by atoms with E-state index >= 15 is 0 Å². The third kappa shape index (κ3) is 2.99. The third-order valence-corrected chi connectivity index (χ3v) is 6.43. The van der Waals surface area contributed by atoms with Crippen LogP contribution in [0.15, 0.2) is 11.2 Å². The van der Waals surface area contributed by atoms with Crippen LogP contribution in [-0.4, -0.2) is 47.2 Å². The van der Waals surface area contributed by atoms with Gasteiger partial charge in [0.05, 0.1) is 6.20 Å². The molecule has 1 aliphatic rings. The Morgan fingerprint density at radius 2 is 2.20 bits per heavy atom. The smallest absolute Gasteiger partial charge is 0.340 e. The third-order valence-electron chi connectivity index (χ3n) is 3.64. The van der Waals surface area contributed by atoms with Gasteiger partial charge in [0.25, 0.3) is 10.0 Å². The Morgan fingerprint density at radius 3 is 2.75 bits per heavy atom. The largest absolute Gasteiger partial charge is 0.478 e. The van der Waals surface area contributed by atoms with Gasteiger partial charge < -0.3 is 5.11 Å². The lowest BCUT2D eigenvalue weighted by atomic mass is 10.1. The lowest BCUT2D eigenvalue weighted by Crippen LogP contribution is -2.38. The van der Waals surface area contributed by atoms with Gasteiger partial charge in [0, 0.05) is 11.3 Å². The van der Waals surface area contributed by atoms with Gasteiger partial charge in [-0.25, -0.2) is 17.9 Å². The fraction of sp³-hybridized carbons (Fsp3) is 0.636. The molecule has 2 rings (SSSR count). The summed E-state index contributed by atoms with van der Waals surface area (Å²) < 4.78 is 26.8. The Kier molecular flexibility index (Phi) is 4.40. The molecule has 3 N–H and O–H groups in total. The van der Waals surface area contributed by atoms with Crippen molar-refractivity contribution in [2.24, 2.45) is 0 Å². The normalized spacial score (nSPS) is 18.2. The maximum atomic E-state index is 12.2. The van der Waals surface area contributed by atoms with Gasteiger partial charge in [0.2, 0.25) is 0 Å². The van der Waals surface area contributed by atoms with Crippen LogP contribution in [0.5, 0.6) is 0 Å². The molecule has 1 heterocycles. The number of carbonyl (C=O) groups is 1. The zero-order valence-corrected chi connectivity index (χ0v) is 12.7. The summed E-state index contributed by atoms with van der Waals surface area (Å²) in [6.07, 6.45) is 7.08. The van der Waals surface area contributed by atoms with Gasteiger partial charge in [0.15, 0.2) is 5.03 Å². The minimum atomic E-state index is -3.89. The van der Waals surface area contributed by atoms with E-state index in [4.69, 9.17) is 5.11 Å². The van der Waals surface area contributed by atoms with Crippen LogP contribution in [0.3, 0.4) is 0 Å². The fourth-order valence-electron chi connectivity index (χ4n) is 2.40. The van der Waals surface area contributed by atoms with Gasteiger partial charge >= 0.3 is 5.97 Å². The molecule has 112 valence electrons. The molecule has 1 aromatic rings. The highest BCUT2D eigenvalue weighted by molar-refractivity contribution is 8.00. The number of hydrogen-bond acceptors (Lipinski definition) is 5. The maximum Gasteiger partial charge on any atom is 0.340 e. The summed E-state index contributed by atoms with van der Waals surface area (Å²) in [6.45, 7) is 0.300. The van der Waals surface area contributed by atoms with E-state index in [0.717, 1.165) is 31.9 Å². The monoisotopic (exact) mass is 319 g/mol. The van der Waals surface area contributed by atoms with Crippen LogP contribution in [0.4, 0.5) is 0 Å². The van der Waals surface area contributed by atoms with Crippen LogP contribution in [-0.2, 0) is 10.0 Å². The molecule has 0 unspecified atom stereocenters. The van der Waals surface area contributed by atoms with Crippen molar-refractivity contribution >= 4 is 27.8 Å². The van der Waals surface area contributed by atoms with E-state index < -0.39 is 16.0 Å². The summed E-state index contributed by atoms with van der Waals surface area (Å²) in [5.41, 5.74) is -0.345. The van der Waals surface area contributed by atoms with Crippen LogP contribution in [0.25, 0.3) is 0 Å². The minimum absolute atomic E-state index is 0.0868. The molecular formula is C11H17N3O4S2. The summed E-state index contributed by atoms with van der Waals surface area (Å²) in [4.78, 5) is 11.0. The van der Waals surface area contributed by atoms with Crippen molar-refractivity contribution in [3.8, 4) is 0 Å². The van der Waals surface area contributed by atoms with Crippen LogP contribution in [0.2, 0.25) is 0 Å². The Balaban J connectivity index is 2.15. The number of nitrogens with zero attached hydrogens (tertiary/aromatic N) is 1. The van der Waals surface area contributed by atoms with Crippen LogP contribution in [0.1, 0.15) is 36.0 Å². The van der Waals surface area contributed by atoms with Gasteiger partial charge in [-0.1, -0.05) is 12.8 Å². The van der Waals surface area contributed by atoms with Gasteiger partial charge in [-0.2, -0.15) is 16.9 Å². The Bertz CT molecular complexity index is 591. The highest BCUT2D eigenvalue weighted by Crippen LogP contribution is 2.39. The molecule has 0 atom stereocenters. The number of sulfonamides is 1. The van der Waals surface area contributed by atoms with Gasteiger partial charge in [-0.15, -0.1) is 0 Å². The van der Waals surface area contributed by atoms with Crippen molar-refractivity contribution in [2.45, 2.75) is 35.5 Å². The van der Waals surface area contributed by atoms with E-state index in [2.05, 4.69) is 14.9 Å². The van der Waals surface area contributed by atoms with Crippen molar-refractivity contribution in [1.29, 1.82) is 0 Å². The van der Waals surface area contributed by atoms with Crippen molar-refractivity contribution in [3.63, 3.8) is 0 Å². The van der Waals surface area contributed by atoms with Crippen molar-refractivity contribution in [2.75, 3.05) is 12.8 Å². The number of carboxylic acids is 1. The first kappa shape index (κ1) is 15.3. The van der Waals surface area contributed by atoms with E-state index in [9.17, 15) is 13.2 Å². The first-order valence-corrected chi connectivity index (χ1v) is 8.92. The molecule has 20 heavy (non-hydrogen) atoms. The first-order valence-electron chi connectivity index (χ1n) is 6.22. The second-order valence-corrected chi connectivity index (χ2v) is 7.81. The number of H-pyrrole nitrogens is 1. The Labute approximate surface area is 121 Å². The molecule has 1 fully saturated rings. The number of thioether (sulfide) groups is 1. The Hall–Kier alpha value is -1.06. The highest BCUT2D eigenvalue weighted by atomic mass is 32.2. The minimum Gasteiger partial charge on any atom is -0.478 e. The molecule has 0 saturated heterocycles. The maximum absolute atomic E-state index is 12.2. The van der Waals surface area contributed by atoms with Gasteiger partial charge in [0.1, 0.15) is 5.56 Å². The molecule has 0 aromatic carbocycles. The molecule has 0 amide bonds. The first-order chi connectivity index (χ1) is 9.40. The van der Waals surface area contributed by atoms with Crippen LogP contribution >= 0.6 is 11.8 Å². The number of hydrogen-bond donors (Lipinski definition) is 3. The zero-order valence-electron chi connectivity index (χ0n) is 11.0. The molecule has 0 aliphatic heterocycles. The SMILES string of the molecule is CSC1(CNS(=O)(=O)c2[nH]ncc2C(=O)O)CCCC1. The van der Waals surface area contributed by atoms with E-state index in [1.165, 1.54) is 0 Å². The lowest BCUT2D eigenvalue weighted by Gasteiger charge is -2.26. The van der Waals surface area contributed by atoms with Gasteiger partial charge in [-0.3, -0.25) is 5.10 Å². The number of nitrogens with one attached hydrogen (secondary N) is 2. The number of aromatic amines is 1. The number of aromatic carboxylic acids is 1. The molecule has 0 spiro atoms. The summed E-state index contributed by atoms with van der Waals surface area (Å²) >= 11 is 1.66. The van der Waals surface area contributed by atoms with Crippen LogP contribution < -0.4 is 4.72 Å². The lowest BCUT2D eigenvalue weighted by molar-refractivity contribution is 0.0692. The van der Waals surface area contributed by atoms with E-state index in [0.29, 0.717) is 6.54 Å². The molecule has 0 radical (unpaired) electrons.